The van der Waals surface area contributed by atoms with Gasteiger partial charge < -0.3 is 35.1 Å². The number of ether oxygens (including phenoxy) is 2. The van der Waals surface area contributed by atoms with Crippen LogP contribution in [0.15, 0.2) is 77.6 Å². The number of rotatable bonds is 14. The first kappa shape index (κ1) is 35.5. The molecule has 0 radical (unpaired) electrons. The molecule has 0 aliphatic carbocycles. The minimum absolute atomic E-state index is 0.00642. The first-order valence-electron chi connectivity index (χ1n) is 17.9. The number of likely N-dealkylation sites (tertiary alicyclic amines) is 1. The first-order chi connectivity index (χ1) is 24.4. The Kier molecular flexibility index (Phi) is 12.1. The zero-order chi connectivity index (χ0) is 34.9. The molecule has 3 unspecified atom stereocenters. The number of hydrogen-bond acceptors (Lipinski definition) is 7. The van der Waals surface area contributed by atoms with Gasteiger partial charge in [0, 0.05) is 64.1 Å². The third-order valence-electron chi connectivity index (χ3n) is 9.82. The quantitative estimate of drug-likeness (QED) is 0.137. The molecule has 2 aliphatic rings. The van der Waals surface area contributed by atoms with Gasteiger partial charge in [-0.15, -0.1) is 0 Å². The Morgan fingerprint density at radius 2 is 1.60 bits per heavy atom. The molecular formula is C39H49N5O6. The first-order valence-corrected chi connectivity index (χ1v) is 17.9. The third kappa shape index (κ3) is 9.28. The monoisotopic (exact) mass is 683 g/mol. The van der Waals surface area contributed by atoms with E-state index >= 15 is 0 Å². The highest BCUT2D eigenvalue weighted by Crippen LogP contribution is 2.38. The van der Waals surface area contributed by atoms with E-state index in [4.69, 9.17) is 9.47 Å². The molecule has 6 rings (SSSR count). The van der Waals surface area contributed by atoms with Gasteiger partial charge in [0.1, 0.15) is 0 Å². The number of aromatic nitrogens is 2. The Morgan fingerprint density at radius 3 is 2.34 bits per heavy atom. The molecule has 3 atom stereocenters. The van der Waals surface area contributed by atoms with Crippen molar-refractivity contribution in [2.45, 2.75) is 89.6 Å². The van der Waals surface area contributed by atoms with E-state index in [1.54, 1.807) is 0 Å². The molecule has 2 amide bonds. The maximum absolute atomic E-state index is 12.8. The van der Waals surface area contributed by atoms with Gasteiger partial charge in [-0.05, 0) is 54.5 Å². The van der Waals surface area contributed by atoms with Crippen LogP contribution < -0.4 is 16.3 Å². The number of carbonyl (C=O) groups excluding carboxylic acids is 2. The Bertz CT molecular complexity index is 1760. The summed E-state index contributed by atoms with van der Waals surface area (Å²) in [4.78, 5) is 41.6. The van der Waals surface area contributed by atoms with E-state index < -0.39 is 6.29 Å². The standard InChI is InChI=1S/C39H49N5O6/c1-27(46)40-20-6-2-3-9-37(47)41-24-28-10-16-31(17-11-28)38-49-33(23-36(50-38)30-14-12-29(26-45)13-15-30)25-43-21-18-32(19-22-43)44-35-8-5-4-7-34(35)42-39(44)48/h4-5,7-8,10-17,32-33,36,38,45H,2-3,6,9,18-26H2,1H3,(H,40,46)(H,41,47)(H,42,48). The maximum atomic E-state index is 12.8. The topological polar surface area (TPSA) is 138 Å². The summed E-state index contributed by atoms with van der Waals surface area (Å²) in [5.74, 6) is -0.0131. The summed E-state index contributed by atoms with van der Waals surface area (Å²) in [7, 11) is 0. The number of H-pyrrole nitrogens is 1. The Hall–Kier alpha value is -4.29. The summed E-state index contributed by atoms with van der Waals surface area (Å²) in [5.41, 5.74) is 5.60. The molecule has 50 heavy (non-hydrogen) atoms. The van der Waals surface area contributed by atoms with Crippen LogP contribution in [0.3, 0.4) is 0 Å². The molecule has 0 spiro atoms. The number of piperidine rings is 1. The van der Waals surface area contributed by atoms with Gasteiger partial charge in [-0.2, -0.15) is 0 Å². The molecule has 4 aromatic rings. The lowest BCUT2D eigenvalue weighted by Crippen LogP contribution is -2.43. The van der Waals surface area contributed by atoms with Crippen LogP contribution in [0.1, 0.15) is 92.6 Å². The summed E-state index contributed by atoms with van der Waals surface area (Å²) in [6, 6.07) is 24.0. The number of para-hydroxylation sites is 2. The highest BCUT2D eigenvalue weighted by atomic mass is 16.7. The number of aromatic amines is 1. The van der Waals surface area contributed by atoms with E-state index in [1.807, 2.05) is 77.4 Å². The van der Waals surface area contributed by atoms with Crippen molar-refractivity contribution in [2.75, 3.05) is 26.2 Å². The van der Waals surface area contributed by atoms with Crippen molar-refractivity contribution in [3.63, 3.8) is 0 Å². The fraction of sp³-hybridized carbons (Fsp3) is 0.462. The number of unbranched alkanes of at least 4 members (excludes halogenated alkanes) is 2. The number of fused-ring (bicyclic) bond motifs is 1. The molecule has 2 saturated heterocycles. The van der Waals surface area contributed by atoms with Gasteiger partial charge in [-0.1, -0.05) is 67.1 Å². The minimum atomic E-state index is -0.556. The number of carbonyl (C=O) groups is 2. The normalized spacial score (nSPS) is 20.2. The summed E-state index contributed by atoms with van der Waals surface area (Å²) < 4.78 is 15.1. The van der Waals surface area contributed by atoms with Gasteiger partial charge >= 0.3 is 5.69 Å². The van der Waals surface area contributed by atoms with Gasteiger partial charge in [0.05, 0.1) is 29.8 Å². The molecule has 11 heteroatoms. The molecule has 0 bridgehead atoms. The number of hydrogen-bond donors (Lipinski definition) is 4. The summed E-state index contributed by atoms with van der Waals surface area (Å²) in [6.07, 6.45) is 4.68. The van der Waals surface area contributed by atoms with Crippen LogP contribution in [0.5, 0.6) is 0 Å². The number of nitrogens with one attached hydrogen (secondary N) is 3. The molecule has 266 valence electrons. The molecule has 2 aliphatic heterocycles. The van der Waals surface area contributed by atoms with Crippen molar-refractivity contribution >= 4 is 22.8 Å². The summed E-state index contributed by atoms with van der Waals surface area (Å²) in [6.45, 7) is 5.09. The highest BCUT2D eigenvalue weighted by Gasteiger charge is 2.34. The smallest absolute Gasteiger partial charge is 0.326 e. The SMILES string of the molecule is CC(=O)NCCCCCC(=O)NCc1ccc(C2OC(CN3CCC(n4c(=O)[nH]c5ccccc54)CC3)CC(c3ccc(CO)cc3)O2)cc1. The maximum Gasteiger partial charge on any atom is 0.326 e. The lowest BCUT2D eigenvalue weighted by Gasteiger charge is -2.40. The molecule has 3 heterocycles. The fourth-order valence-electron chi connectivity index (χ4n) is 7.05. The summed E-state index contributed by atoms with van der Waals surface area (Å²) in [5, 5.41) is 15.3. The zero-order valence-electron chi connectivity index (χ0n) is 28.8. The predicted molar refractivity (Wildman–Crippen MR) is 191 cm³/mol. The average Bonchev–Trinajstić information content (AvgIpc) is 3.48. The van der Waals surface area contributed by atoms with Gasteiger partial charge in [-0.3, -0.25) is 14.2 Å². The van der Waals surface area contributed by atoms with Crippen molar-refractivity contribution in [1.82, 2.24) is 25.1 Å². The lowest BCUT2D eigenvalue weighted by atomic mass is 9.98. The van der Waals surface area contributed by atoms with Crippen molar-refractivity contribution in [2.24, 2.45) is 0 Å². The third-order valence-corrected chi connectivity index (χ3v) is 9.82. The van der Waals surface area contributed by atoms with Crippen molar-refractivity contribution in [3.05, 3.63) is 106 Å². The summed E-state index contributed by atoms with van der Waals surface area (Å²) >= 11 is 0. The molecule has 3 aromatic carbocycles. The number of aliphatic hydroxyl groups is 1. The number of amides is 2. The van der Waals surface area contributed by atoms with E-state index in [9.17, 15) is 19.5 Å². The van der Waals surface area contributed by atoms with Crippen LogP contribution in [-0.2, 0) is 32.2 Å². The van der Waals surface area contributed by atoms with Crippen LogP contribution in [0.2, 0.25) is 0 Å². The molecular weight excluding hydrogens is 634 g/mol. The number of benzene rings is 3. The Labute approximate surface area is 293 Å². The predicted octanol–water partition coefficient (Wildman–Crippen LogP) is 5.02. The van der Waals surface area contributed by atoms with E-state index in [0.29, 0.717) is 25.9 Å². The van der Waals surface area contributed by atoms with Crippen molar-refractivity contribution < 1.29 is 24.2 Å². The van der Waals surface area contributed by atoms with Gasteiger partial charge in [-0.25, -0.2) is 4.79 Å². The van der Waals surface area contributed by atoms with E-state index in [-0.39, 0.29) is 42.4 Å². The Morgan fingerprint density at radius 1 is 0.880 bits per heavy atom. The van der Waals surface area contributed by atoms with E-state index in [2.05, 4.69) is 20.5 Å². The molecule has 2 fully saturated rings. The van der Waals surface area contributed by atoms with Crippen LogP contribution >= 0.6 is 0 Å². The van der Waals surface area contributed by atoms with Crippen LogP contribution in [0.4, 0.5) is 0 Å². The highest BCUT2D eigenvalue weighted by molar-refractivity contribution is 5.76. The van der Waals surface area contributed by atoms with E-state index in [1.165, 1.54) is 6.92 Å². The van der Waals surface area contributed by atoms with Gasteiger partial charge in [0.15, 0.2) is 6.29 Å². The average molecular weight is 684 g/mol. The molecule has 11 nitrogen and oxygen atoms in total. The second kappa shape index (κ2) is 17.1. The van der Waals surface area contributed by atoms with Gasteiger partial charge in [0.25, 0.3) is 0 Å². The zero-order valence-corrected chi connectivity index (χ0v) is 28.8. The Balaban J connectivity index is 1.05. The minimum Gasteiger partial charge on any atom is -0.392 e. The molecule has 1 aromatic heterocycles. The van der Waals surface area contributed by atoms with Crippen LogP contribution in [-0.4, -0.2) is 63.7 Å². The molecule has 4 N–H and O–H groups in total. The number of nitrogens with zero attached hydrogens (tertiary/aromatic N) is 2. The largest absolute Gasteiger partial charge is 0.392 e. The number of imidazole rings is 1. The van der Waals surface area contributed by atoms with Crippen molar-refractivity contribution in [3.8, 4) is 0 Å². The van der Waals surface area contributed by atoms with Crippen LogP contribution in [0.25, 0.3) is 11.0 Å². The second-order valence-electron chi connectivity index (χ2n) is 13.5. The second-order valence-corrected chi connectivity index (χ2v) is 13.5. The number of aliphatic hydroxyl groups excluding tert-OH is 1. The molecule has 0 saturated carbocycles. The van der Waals surface area contributed by atoms with Gasteiger partial charge in [0.2, 0.25) is 11.8 Å². The fourth-order valence-corrected chi connectivity index (χ4v) is 7.05. The van der Waals surface area contributed by atoms with Crippen LogP contribution in [0, 0.1) is 0 Å². The lowest BCUT2D eigenvalue weighted by molar-refractivity contribution is -0.253. The van der Waals surface area contributed by atoms with E-state index in [0.717, 1.165) is 85.0 Å². The van der Waals surface area contributed by atoms with Crippen molar-refractivity contribution in [1.29, 1.82) is 0 Å².